The summed E-state index contributed by atoms with van der Waals surface area (Å²) in [6.45, 7) is 2.85. The van der Waals surface area contributed by atoms with Crippen LogP contribution in [0.25, 0.3) is 0 Å². The maximum atomic E-state index is 12.6. The third kappa shape index (κ3) is 5.06. The van der Waals surface area contributed by atoms with E-state index in [1.807, 2.05) is 36.4 Å². The highest BCUT2D eigenvalue weighted by Gasteiger charge is 2.28. The Morgan fingerprint density at radius 1 is 1.00 bits per heavy atom. The first-order valence-electron chi connectivity index (χ1n) is 10.0. The van der Waals surface area contributed by atoms with Gasteiger partial charge in [0.05, 0.1) is 13.1 Å². The van der Waals surface area contributed by atoms with Gasteiger partial charge in [-0.2, -0.15) is 0 Å². The van der Waals surface area contributed by atoms with Crippen molar-refractivity contribution >= 4 is 17.5 Å². The lowest BCUT2D eigenvalue weighted by atomic mass is 9.95. The van der Waals surface area contributed by atoms with Gasteiger partial charge in [0.15, 0.2) is 18.0 Å². The summed E-state index contributed by atoms with van der Waals surface area (Å²) in [4.78, 5) is 26.0. The average molecular weight is 396 g/mol. The minimum atomic E-state index is -0.0310. The van der Waals surface area contributed by atoms with Crippen LogP contribution in [-0.2, 0) is 16.1 Å². The van der Waals surface area contributed by atoms with Crippen LogP contribution in [-0.4, -0.2) is 38.2 Å². The molecule has 2 aromatic carbocycles. The van der Waals surface area contributed by atoms with Gasteiger partial charge in [-0.05, 0) is 17.7 Å². The number of piperidine rings is 1. The van der Waals surface area contributed by atoms with Gasteiger partial charge in [0.2, 0.25) is 12.7 Å². The molecule has 2 aliphatic rings. The van der Waals surface area contributed by atoms with Gasteiger partial charge in [-0.3, -0.25) is 9.59 Å². The summed E-state index contributed by atoms with van der Waals surface area (Å²) in [7, 11) is 0. The fourth-order valence-corrected chi connectivity index (χ4v) is 3.77. The molecule has 0 unspecified atom stereocenters. The number of rotatable bonds is 6. The molecule has 2 amide bonds. The molecule has 0 aliphatic carbocycles. The average Bonchev–Trinajstić information content (AvgIpc) is 3.21. The van der Waals surface area contributed by atoms with Crippen LogP contribution in [0.5, 0.6) is 11.5 Å². The predicted octanol–water partition coefficient (Wildman–Crippen LogP) is 0.965. The summed E-state index contributed by atoms with van der Waals surface area (Å²) in [6.07, 6.45) is 1.55. The summed E-state index contributed by atoms with van der Waals surface area (Å²) < 4.78 is 10.6. The maximum Gasteiger partial charge on any atom is 0.275 e. The molecule has 152 valence electrons. The van der Waals surface area contributed by atoms with Crippen LogP contribution >= 0.6 is 0 Å². The molecule has 0 atom stereocenters. The SMILES string of the molecule is O=C(C[NH+]1CCC(C(=O)Nc2ccc3c(c2)OCO3)CC1)NCc1ccccc1. The number of nitrogens with one attached hydrogen (secondary N) is 3. The Morgan fingerprint density at radius 3 is 2.55 bits per heavy atom. The number of likely N-dealkylation sites (tertiary alicyclic amines) is 1. The summed E-state index contributed by atoms with van der Waals surface area (Å²) in [5, 5.41) is 5.94. The van der Waals surface area contributed by atoms with Gasteiger partial charge < -0.3 is 25.0 Å². The molecule has 2 aliphatic heterocycles. The number of anilines is 1. The molecule has 2 heterocycles. The van der Waals surface area contributed by atoms with E-state index in [4.69, 9.17) is 9.47 Å². The monoisotopic (exact) mass is 396 g/mol. The first-order chi connectivity index (χ1) is 14.2. The van der Waals surface area contributed by atoms with Gasteiger partial charge in [0.1, 0.15) is 0 Å². The molecular formula is C22H26N3O4+. The zero-order valence-corrected chi connectivity index (χ0v) is 16.3. The van der Waals surface area contributed by atoms with Crippen molar-refractivity contribution < 1.29 is 24.0 Å². The molecule has 0 aromatic heterocycles. The van der Waals surface area contributed by atoms with E-state index < -0.39 is 0 Å². The number of hydrogen-bond donors (Lipinski definition) is 3. The standard InChI is InChI=1S/C22H25N3O4/c26-21(23-13-16-4-2-1-3-5-16)14-25-10-8-17(9-11-25)22(27)24-18-6-7-19-20(12-18)29-15-28-19/h1-7,12,17H,8-11,13-15H2,(H,23,26)(H,24,27)/p+1. The molecule has 0 spiro atoms. The normalized spacial score (nSPS) is 20.1. The van der Waals surface area contributed by atoms with E-state index in [9.17, 15) is 9.59 Å². The number of carbonyl (C=O) groups excluding carboxylic acids is 2. The third-order valence-electron chi connectivity index (χ3n) is 5.45. The molecular weight excluding hydrogens is 370 g/mol. The van der Waals surface area contributed by atoms with Gasteiger partial charge in [-0.25, -0.2) is 0 Å². The molecule has 7 heteroatoms. The van der Waals surface area contributed by atoms with Crippen LogP contribution in [0.2, 0.25) is 0 Å². The summed E-state index contributed by atoms with van der Waals surface area (Å²) in [5.41, 5.74) is 1.81. The van der Waals surface area contributed by atoms with Crippen molar-refractivity contribution in [2.45, 2.75) is 19.4 Å². The molecule has 0 bridgehead atoms. The predicted molar refractivity (Wildman–Crippen MR) is 108 cm³/mol. The Hall–Kier alpha value is -3.06. The van der Waals surface area contributed by atoms with Crippen LogP contribution in [0.1, 0.15) is 18.4 Å². The second-order valence-corrected chi connectivity index (χ2v) is 7.52. The zero-order chi connectivity index (χ0) is 20.1. The lowest BCUT2D eigenvalue weighted by Crippen LogP contribution is -3.14. The summed E-state index contributed by atoms with van der Waals surface area (Å²) >= 11 is 0. The molecule has 3 N–H and O–H groups in total. The Kier molecular flexibility index (Phi) is 5.95. The maximum absolute atomic E-state index is 12.6. The molecule has 29 heavy (non-hydrogen) atoms. The van der Waals surface area contributed by atoms with Gasteiger partial charge >= 0.3 is 0 Å². The highest BCUT2D eigenvalue weighted by atomic mass is 16.7. The van der Waals surface area contributed by atoms with E-state index in [1.165, 1.54) is 4.90 Å². The largest absolute Gasteiger partial charge is 0.454 e. The molecule has 2 aromatic rings. The number of amides is 2. The van der Waals surface area contributed by atoms with E-state index in [1.54, 1.807) is 12.1 Å². The number of quaternary nitrogens is 1. The van der Waals surface area contributed by atoms with Gasteiger partial charge in [-0.1, -0.05) is 30.3 Å². The van der Waals surface area contributed by atoms with Gasteiger partial charge in [-0.15, -0.1) is 0 Å². The lowest BCUT2D eigenvalue weighted by Gasteiger charge is -2.28. The molecule has 1 saturated heterocycles. The number of carbonyl (C=O) groups is 2. The van der Waals surface area contributed by atoms with Crippen molar-refractivity contribution in [1.82, 2.24) is 5.32 Å². The van der Waals surface area contributed by atoms with Gasteiger partial charge in [0.25, 0.3) is 5.91 Å². The zero-order valence-electron chi connectivity index (χ0n) is 16.3. The lowest BCUT2D eigenvalue weighted by molar-refractivity contribution is -0.897. The number of hydrogen-bond acceptors (Lipinski definition) is 4. The number of benzene rings is 2. The quantitative estimate of drug-likeness (QED) is 0.680. The summed E-state index contributed by atoms with van der Waals surface area (Å²) in [5.74, 6) is 1.40. The van der Waals surface area contributed by atoms with E-state index in [0.717, 1.165) is 31.5 Å². The third-order valence-corrected chi connectivity index (χ3v) is 5.45. The van der Waals surface area contributed by atoms with E-state index in [2.05, 4.69) is 10.6 Å². The van der Waals surface area contributed by atoms with Crippen LogP contribution in [0.4, 0.5) is 5.69 Å². The fourth-order valence-electron chi connectivity index (χ4n) is 3.77. The first-order valence-corrected chi connectivity index (χ1v) is 10.0. The molecule has 4 rings (SSSR count). The van der Waals surface area contributed by atoms with Crippen molar-refractivity contribution in [3.63, 3.8) is 0 Å². The molecule has 7 nitrogen and oxygen atoms in total. The fraction of sp³-hybridized carbons (Fsp3) is 0.364. The number of ether oxygens (including phenoxy) is 2. The van der Waals surface area contributed by atoms with Crippen LogP contribution < -0.4 is 25.0 Å². The minimum Gasteiger partial charge on any atom is -0.454 e. The number of fused-ring (bicyclic) bond motifs is 1. The van der Waals surface area contributed by atoms with Crippen molar-refractivity contribution in [3.8, 4) is 11.5 Å². The summed E-state index contributed by atoms with van der Waals surface area (Å²) in [6, 6.07) is 15.3. The minimum absolute atomic E-state index is 0.0245. The van der Waals surface area contributed by atoms with E-state index in [-0.39, 0.29) is 24.5 Å². The van der Waals surface area contributed by atoms with Gasteiger partial charge in [0, 0.05) is 37.1 Å². The van der Waals surface area contributed by atoms with E-state index in [0.29, 0.717) is 30.3 Å². The highest BCUT2D eigenvalue weighted by Crippen LogP contribution is 2.34. The van der Waals surface area contributed by atoms with Crippen LogP contribution in [0.15, 0.2) is 48.5 Å². The van der Waals surface area contributed by atoms with Crippen LogP contribution in [0.3, 0.4) is 0 Å². The Bertz CT molecular complexity index is 864. The Labute approximate surface area is 170 Å². The molecule has 0 saturated carbocycles. The smallest absolute Gasteiger partial charge is 0.275 e. The molecule has 0 radical (unpaired) electrons. The van der Waals surface area contributed by atoms with Crippen LogP contribution in [0, 0.1) is 5.92 Å². The Morgan fingerprint density at radius 2 is 1.76 bits per heavy atom. The second-order valence-electron chi connectivity index (χ2n) is 7.52. The van der Waals surface area contributed by atoms with Crippen molar-refractivity contribution in [3.05, 3.63) is 54.1 Å². The molecule has 1 fully saturated rings. The first kappa shape index (κ1) is 19.3. The highest BCUT2D eigenvalue weighted by molar-refractivity contribution is 5.93. The Balaban J connectivity index is 1.19. The van der Waals surface area contributed by atoms with E-state index >= 15 is 0 Å². The second kappa shape index (κ2) is 8.96. The van der Waals surface area contributed by atoms with Crippen molar-refractivity contribution in [1.29, 1.82) is 0 Å². The van der Waals surface area contributed by atoms with Crippen molar-refractivity contribution in [2.75, 3.05) is 31.7 Å². The van der Waals surface area contributed by atoms with Crippen molar-refractivity contribution in [2.24, 2.45) is 5.92 Å². The topological polar surface area (TPSA) is 81.1 Å².